The van der Waals surface area contributed by atoms with Crippen molar-refractivity contribution in [2.24, 2.45) is 10.7 Å². The summed E-state index contributed by atoms with van der Waals surface area (Å²) in [6, 6.07) is 0.374. The Bertz CT molecular complexity index is 552. The van der Waals surface area contributed by atoms with Gasteiger partial charge < -0.3 is 16.4 Å². The summed E-state index contributed by atoms with van der Waals surface area (Å²) >= 11 is 0. The number of guanidine groups is 1. The lowest BCUT2D eigenvalue weighted by atomic mass is 10.1. The van der Waals surface area contributed by atoms with Crippen LogP contribution in [0.4, 0.5) is 0 Å². The molecule has 0 saturated carbocycles. The zero-order valence-electron chi connectivity index (χ0n) is 15.1. The molecule has 1 fully saturated rings. The predicted molar refractivity (Wildman–Crippen MR) is 110 cm³/mol. The highest BCUT2D eigenvalue weighted by molar-refractivity contribution is 14.0. The highest BCUT2D eigenvalue weighted by atomic mass is 127. The summed E-state index contributed by atoms with van der Waals surface area (Å²) in [5, 5.41) is 11.0. The number of piperidine rings is 1. The van der Waals surface area contributed by atoms with Crippen LogP contribution in [0, 0.1) is 6.92 Å². The molecule has 0 atom stereocenters. The molecule has 1 saturated heterocycles. The maximum Gasteiger partial charge on any atom is 0.231 e. The van der Waals surface area contributed by atoms with Crippen molar-refractivity contribution < 1.29 is 4.79 Å². The van der Waals surface area contributed by atoms with Gasteiger partial charge in [-0.1, -0.05) is 0 Å². The number of aromatic nitrogens is 2. The molecule has 0 unspecified atom stereocenters. The zero-order valence-corrected chi connectivity index (χ0v) is 17.4. The second-order valence-corrected chi connectivity index (χ2v) is 6.20. The Labute approximate surface area is 166 Å². The standard InChI is InChI=1S/C16H29N7O.HI/c1-3-18-16(19-6-9-23-11-13(2)10-20-23)21-14-4-7-22(8-5-14)12-15(17)24;/h10-11,14H,3-9,12H2,1-2H3,(H2,17,24)(H2,18,19,21);1H. The smallest absolute Gasteiger partial charge is 0.231 e. The van der Waals surface area contributed by atoms with Crippen molar-refractivity contribution in [3.8, 4) is 0 Å². The van der Waals surface area contributed by atoms with Crippen LogP contribution in [0.15, 0.2) is 17.4 Å². The molecule has 9 heteroatoms. The first-order valence-corrected chi connectivity index (χ1v) is 8.61. The average molecular weight is 463 g/mol. The molecule has 1 amide bonds. The molecule has 0 radical (unpaired) electrons. The fraction of sp³-hybridized carbons (Fsp3) is 0.688. The molecule has 1 aromatic rings. The number of hydrogen-bond acceptors (Lipinski definition) is 4. The van der Waals surface area contributed by atoms with Gasteiger partial charge in [-0.2, -0.15) is 5.10 Å². The number of carbonyl (C=O) groups excluding carboxylic acids is 1. The molecule has 8 nitrogen and oxygen atoms in total. The summed E-state index contributed by atoms with van der Waals surface area (Å²) in [4.78, 5) is 17.7. The summed E-state index contributed by atoms with van der Waals surface area (Å²) in [6.07, 6.45) is 5.84. The number of halogens is 1. The van der Waals surface area contributed by atoms with Crippen LogP contribution in [0.2, 0.25) is 0 Å². The molecule has 0 aliphatic carbocycles. The van der Waals surface area contributed by atoms with E-state index in [9.17, 15) is 4.79 Å². The summed E-state index contributed by atoms with van der Waals surface area (Å²) < 4.78 is 1.91. The largest absolute Gasteiger partial charge is 0.369 e. The lowest BCUT2D eigenvalue weighted by molar-refractivity contribution is -0.119. The molecule has 2 rings (SSSR count). The van der Waals surface area contributed by atoms with E-state index >= 15 is 0 Å². The van der Waals surface area contributed by atoms with E-state index in [0.717, 1.165) is 50.5 Å². The molecule has 0 aromatic carbocycles. The number of aryl methyl sites for hydroxylation is 1. The number of carbonyl (C=O) groups is 1. The normalized spacial score (nSPS) is 16.3. The fourth-order valence-corrected chi connectivity index (χ4v) is 2.82. The van der Waals surface area contributed by atoms with E-state index in [1.54, 1.807) is 0 Å². The summed E-state index contributed by atoms with van der Waals surface area (Å²) in [6.45, 7) is 8.47. The third-order valence-electron chi connectivity index (χ3n) is 4.01. The second kappa shape index (κ2) is 11.3. The molecule has 2 heterocycles. The van der Waals surface area contributed by atoms with Gasteiger partial charge >= 0.3 is 0 Å². The Morgan fingerprint density at radius 2 is 2.16 bits per heavy atom. The van der Waals surface area contributed by atoms with Crippen molar-refractivity contribution in [1.82, 2.24) is 25.3 Å². The van der Waals surface area contributed by atoms with Gasteiger partial charge in [0.2, 0.25) is 5.91 Å². The van der Waals surface area contributed by atoms with Crippen molar-refractivity contribution in [2.45, 2.75) is 39.3 Å². The first-order chi connectivity index (χ1) is 11.6. The highest BCUT2D eigenvalue weighted by Crippen LogP contribution is 2.09. The Kier molecular flexibility index (Phi) is 9.79. The molecule has 4 N–H and O–H groups in total. The van der Waals surface area contributed by atoms with Gasteiger partial charge in [0, 0.05) is 31.9 Å². The van der Waals surface area contributed by atoms with Crippen LogP contribution < -0.4 is 16.4 Å². The number of aliphatic imine (C=N–C) groups is 1. The SMILES string of the molecule is CCNC(=NCCn1cc(C)cn1)NC1CCN(CC(N)=O)CC1.I. The molecule has 1 aliphatic heterocycles. The number of nitrogens with zero attached hydrogens (tertiary/aromatic N) is 4. The molecule has 25 heavy (non-hydrogen) atoms. The topological polar surface area (TPSA) is 101 Å². The second-order valence-electron chi connectivity index (χ2n) is 6.20. The molecular formula is C16H30IN7O. The third kappa shape index (κ3) is 8.04. The summed E-state index contributed by atoms with van der Waals surface area (Å²) in [5.41, 5.74) is 6.41. The van der Waals surface area contributed by atoms with E-state index in [-0.39, 0.29) is 29.9 Å². The van der Waals surface area contributed by atoms with Crippen LogP contribution in [0.5, 0.6) is 0 Å². The number of rotatable bonds is 7. The molecule has 1 aliphatic rings. The van der Waals surface area contributed by atoms with Crippen LogP contribution in [-0.2, 0) is 11.3 Å². The van der Waals surface area contributed by atoms with E-state index in [4.69, 9.17) is 5.73 Å². The van der Waals surface area contributed by atoms with Crippen molar-refractivity contribution in [3.05, 3.63) is 18.0 Å². The van der Waals surface area contributed by atoms with E-state index < -0.39 is 0 Å². The van der Waals surface area contributed by atoms with Crippen molar-refractivity contribution in [1.29, 1.82) is 0 Å². The number of nitrogens with two attached hydrogens (primary N) is 1. The van der Waals surface area contributed by atoms with Gasteiger partial charge in [-0.05, 0) is 32.3 Å². The Balaban J connectivity index is 0.00000312. The molecule has 1 aromatic heterocycles. The predicted octanol–water partition coefficient (Wildman–Crippen LogP) is 0.314. The van der Waals surface area contributed by atoms with Crippen LogP contribution in [-0.4, -0.2) is 65.3 Å². The molecular weight excluding hydrogens is 433 g/mol. The quantitative estimate of drug-likeness (QED) is 0.307. The minimum atomic E-state index is -0.259. The van der Waals surface area contributed by atoms with Gasteiger partial charge in [0.15, 0.2) is 5.96 Å². The van der Waals surface area contributed by atoms with Gasteiger partial charge in [-0.25, -0.2) is 0 Å². The summed E-state index contributed by atoms with van der Waals surface area (Å²) in [5.74, 6) is 0.583. The van der Waals surface area contributed by atoms with Crippen LogP contribution >= 0.6 is 24.0 Å². The average Bonchev–Trinajstić information content (AvgIpc) is 2.94. The minimum Gasteiger partial charge on any atom is -0.369 e. The van der Waals surface area contributed by atoms with Crippen LogP contribution in [0.1, 0.15) is 25.3 Å². The number of nitrogens with one attached hydrogen (secondary N) is 2. The lowest BCUT2D eigenvalue weighted by Crippen LogP contribution is -2.49. The fourth-order valence-electron chi connectivity index (χ4n) is 2.82. The molecule has 0 bridgehead atoms. The Morgan fingerprint density at radius 1 is 1.44 bits per heavy atom. The van der Waals surface area contributed by atoms with Gasteiger partial charge in [0.25, 0.3) is 0 Å². The van der Waals surface area contributed by atoms with Crippen molar-refractivity contribution >= 4 is 35.8 Å². The first kappa shape index (κ1) is 21.7. The van der Waals surface area contributed by atoms with Gasteiger partial charge in [-0.3, -0.25) is 19.4 Å². The maximum absolute atomic E-state index is 11.0. The number of likely N-dealkylation sites (tertiary alicyclic amines) is 1. The van der Waals surface area contributed by atoms with Crippen molar-refractivity contribution in [2.75, 3.05) is 32.7 Å². The van der Waals surface area contributed by atoms with E-state index in [0.29, 0.717) is 19.1 Å². The zero-order chi connectivity index (χ0) is 17.4. The van der Waals surface area contributed by atoms with Crippen LogP contribution in [0.25, 0.3) is 0 Å². The van der Waals surface area contributed by atoms with Gasteiger partial charge in [-0.15, -0.1) is 24.0 Å². The first-order valence-electron chi connectivity index (χ1n) is 8.61. The minimum absolute atomic E-state index is 0. The Hall–Kier alpha value is -1.36. The lowest BCUT2D eigenvalue weighted by Gasteiger charge is -2.32. The highest BCUT2D eigenvalue weighted by Gasteiger charge is 2.20. The van der Waals surface area contributed by atoms with Gasteiger partial charge in [0.1, 0.15) is 0 Å². The van der Waals surface area contributed by atoms with E-state index in [1.807, 2.05) is 24.0 Å². The third-order valence-corrected chi connectivity index (χ3v) is 4.01. The van der Waals surface area contributed by atoms with Crippen molar-refractivity contribution in [3.63, 3.8) is 0 Å². The number of amides is 1. The Morgan fingerprint density at radius 3 is 2.72 bits per heavy atom. The number of primary amides is 1. The van der Waals surface area contributed by atoms with E-state index in [1.165, 1.54) is 0 Å². The van der Waals surface area contributed by atoms with Crippen LogP contribution in [0.3, 0.4) is 0 Å². The van der Waals surface area contributed by atoms with E-state index in [2.05, 4.69) is 32.5 Å². The van der Waals surface area contributed by atoms with Gasteiger partial charge in [0.05, 0.1) is 25.8 Å². The molecule has 142 valence electrons. The number of hydrogen-bond donors (Lipinski definition) is 3. The maximum atomic E-state index is 11.0. The monoisotopic (exact) mass is 463 g/mol. The summed E-state index contributed by atoms with van der Waals surface area (Å²) in [7, 11) is 0. The molecule has 0 spiro atoms.